The lowest BCUT2D eigenvalue weighted by Crippen LogP contribution is -2.52. The van der Waals surface area contributed by atoms with Crippen molar-refractivity contribution in [3.63, 3.8) is 0 Å². The van der Waals surface area contributed by atoms with Crippen molar-refractivity contribution in [3.8, 4) is 0 Å². The molecule has 2 aliphatic heterocycles. The topological polar surface area (TPSA) is 53.6 Å². The highest BCUT2D eigenvalue weighted by atomic mass is 16.5. The molecule has 2 fully saturated rings. The van der Waals surface area contributed by atoms with E-state index >= 15 is 0 Å². The minimum Gasteiger partial charge on any atom is -0.376 e. The van der Waals surface area contributed by atoms with Gasteiger partial charge in [-0.2, -0.15) is 0 Å². The Morgan fingerprint density at radius 1 is 1.42 bits per heavy atom. The summed E-state index contributed by atoms with van der Waals surface area (Å²) >= 11 is 0. The van der Waals surface area contributed by atoms with Crippen LogP contribution < -0.4 is 10.6 Å². The summed E-state index contributed by atoms with van der Waals surface area (Å²) in [6, 6.07) is 0. The third kappa shape index (κ3) is 4.44. The van der Waals surface area contributed by atoms with Gasteiger partial charge in [-0.05, 0) is 39.7 Å². The molecule has 2 saturated heterocycles. The highest BCUT2D eigenvalue weighted by Crippen LogP contribution is 2.20. The number of likely N-dealkylation sites (tertiary alicyclic amines) is 1. The van der Waals surface area contributed by atoms with Gasteiger partial charge in [-0.1, -0.05) is 0 Å². The van der Waals surface area contributed by atoms with Gasteiger partial charge in [0.2, 0.25) is 5.91 Å². The Morgan fingerprint density at radius 2 is 2.16 bits per heavy atom. The smallest absolute Gasteiger partial charge is 0.234 e. The van der Waals surface area contributed by atoms with Crippen LogP contribution in [0.2, 0.25) is 0 Å². The van der Waals surface area contributed by atoms with Crippen LogP contribution in [-0.2, 0) is 9.53 Å². The van der Waals surface area contributed by atoms with Crippen LogP contribution in [0.1, 0.15) is 32.6 Å². The molecule has 2 rings (SSSR count). The van der Waals surface area contributed by atoms with Crippen molar-refractivity contribution in [3.05, 3.63) is 0 Å². The first-order valence-electron chi connectivity index (χ1n) is 7.41. The van der Waals surface area contributed by atoms with Gasteiger partial charge in [0, 0.05) is 31.8 Å². The molecule has 5 nitrogen and oxygen atoms in total. The highest BCUT2D eigenvalue weighted by Gasteiger charge is 2.28. The lowest BCUT2D eigenvalue weighted by Gasteiger charge is -2.39. The molecule has 0 radical (unpaired) electrons. The summed E-state index contributed by atoms with van der Waals surface area (Å²) in [6.07, 6.45) is 4.63. The molecule has 19 heavy (non-hydrogen) atoms. The third-order valence-corrected chi connectivity index (χ3v) is 4.48. The van der Waals surface area contributed by atoms with E-state index in [2.05, 4.69) is 22.5 Å². The molecular weight excluding hydrogens is 242 g/mol. The number of piperidine rings is 1. The van der Waals surface area contributed by atoms with E-state index in [9.17, 15) is 4.79 Å². The summed E-state index contributed by atoms with van der Waals surface area (Å²) in [7, 11) is 2.02. The van der Waals surface area contributed by atoms with Crippen molar-refractivity contribution in [2.75, 3.05) is 39.8 Å². The fourth-order valence-electron chi connectivity index (χ4n) is 2.75. The van der Waals surface area contributed by atoms with Gasteiger partial charge < -0.3 is 15.4 Å². The van der Waals surface area contributed by atoms with Crippen LogP contribution in [0.4, 0.5) is 0 Å². The third-order valence-electron chi connectivity index (χ3n) is 4.48. The molecule has 1 amide bonds. The van der Waals surface area contributed by atoms with E-state index in [0.29, 0.717) is 13.1 Å². The largest absolute Gasteiger partial charge is 0.376 e. The molecular formula is C14H27N3O2. The van der Waals surface area contributed by atoms with Gasteiger partial charge in [-0.3, -0.25) is 9.69 Å². The Morgan fingerprint density at radius 3 is 2.74 bits per heavy atom. The number of hydrogen-bond donors (Lipinski definition) is 2. The monoisotopic (exact) mass is 269 g/mol. The van der Waals surface area contributed by atoms with Gasteiger partial charge >= 0.3 is 0 Å². The van der Waals surface area contributed by atoms with Crippen molar-refractivity contribution < 1.29 is 9.53 Å². The second kappa shape index (κ2) is 6.68. The Balaban J connectivity index is 1.63. The fourth-order valence-corrected chi connectivity index (χ4v) is 2.75. The molecule has 5 heteroatoms. The predicted molar refractivity (Wildman–Crippen MR) is 75.1 cm³/mol. The first-order valence-corrected chi connectivity index (χ1v) is 7.41. The van der Waals surface area contributed by atoms with E-state index in [1.807, 2.05) is 7.05 Å². The van der Waals surface area contributed by atoms with E-state index in [1.165, 1.54) is 0 Å². The van der Waals surface area contributed by atoms with Crippen molar-refractivity contribution in [1.82, 2.24) is 15.5 Å². The first kappa shape index (κ1) is 14.8. The predicted octanol–water partition coefficient (Wildman–Crippen LogP) is 0.356. The van der Waals surface area contributed by atoms with Gasteiger partial charge in [0.15, 0.2) is 0 Å². The van der Waals surface area contributed by atoms with Crippen LogP contribution in [-0.4, -0.2) is 62.3 Å². The highest BCUT2D eigenvalue weighted by molar-refractivity contribution is 5.78. The van der Waals surface area contributed by atoms with E-state index in [1.54, 1.807) is 0 Å². The van der Waals surface area contributed by atoms with Crippen molar-refractivity contribution in [1.29, 1.82) is 0 Å². The van der Waals surface area contributed by atoms with Crippen LogP contribution >= 0.6 is 0 Å². The quantitative estimate of drug-likeness (QED) is 0.756. The minimum absolute atomic E-state index is 0.128. The molecule has 2 N–H and O–H groups in total. The summed E-state index contributed by atoms with van der Waals surface area (Å²) in [6.45, 7) is 6.26. The van der Waals surface area contributed by atoms with Crippen LogP contribution in [0, 0.1) is 0 Å². The minimum atomic E-state index is 0.128. The number of carbonyl (C=O) groups is 1. The average molecular weight is 269 g/mol. The number of rotatable bonds is 5. The molecule has 2 aliphatic rings. The summed E-state index contributed by atoms with van der Waals surface area (Å²) in [4.78, 5) is 14.1. The molecule has 0 aromatic heterocycles. The molecule has 0 bridgehead atoms. The van der Waals surface area contributed by atoms with Gasteiger partial charge in [0.05, 0.1) is 12.6 Å². The zero-order chi connectivity index (χ0) is 13.7. The maximum absolute atomic E-state index is 11.9. The summed E-state index contributed by atoms with van der Waals surface area (Å²) in [5, 5.41) is 6.36. The molecule has 0 spiro atoms. The number of carbonyl (C=O) groups excluding carboxylic acids is 1. The number of amides is 1. The molecule has 1 unspecified atom stereocenters. The van der Waals surface area contributed by atoms with E-state index < -0.39 is 0 Å². The van der Waals surface area contributed by atoms with Gasteiger partial charge in [-0.25, -0.2) is 0 Å². The molecule has 110 valence electrons. The Kier molecular flexibility index (Phi) is 5.19. The lowest BCUT2D eigenvalue weighted by atomic mass is 9.90. The molecule has 2 heterocycles. The number of hydrogen-bond acceptors (Lipinski definition) is 4. The zero-order valence-corrected chi connectivity index (χ0v) is 12.2. The van der Waals surface area contributed by atoms with Crippen LogP contribution in [0.5, 0.6) is 0 Å². The van der Waals surface area contributed by atoms with Gasteiger partial charge in [0.1, 0.15) is 0 Å². The van der Waals surface area contributed by atoms with Crippen LogP contribution in [0.3, 0.4) is 0 Å². The van der Waals surface area contributed by atoms with E-state index in [-0.39, 0.29) is 17.6 Å². The standard InChI is InChI=1S/C14H27N3O2/c1-14(15-2)5-7-17(8-6-14)11-13(18)16-10-12-4-3-9-19-12/h12,15H,3-11H2,1-2H3,(H,16,18). The van der Waals surface area contributed by atoms with Gasteiger partial charge in [-0.15, -0.1) is 0 Å². The summed E-state index contributed by atoms with van der Waals surface area (Å²) in [5.74, 6) is 0.128. The van der Waals surface area contributed by atoms with Crippen LogP contribution in [0.15, 0.2) is 0 Å². The average Bonchev–Trinajstić information content (AvgIpc) is 2.93. The van der Waals surface area contributed by atoms with Crippen molar-refractivity contribution in [2.45, 2.75) is 44.2 Å². The second-order valence-electron chi connectivity index (χ2n) is 6.03. The van der Waals surface area contributed by atoms with E-state index in [4.69, 9.17) is 4.74 Å². The van der Waals surface area contributed by atoms with Crippen LogP contribution in [0.25, 0.3) is 0 Å². The SMILES string of the molecule is CNC1(C)CCN(CC(=O)NCC2CCCO2)CC1. The molecule has 0 saturated carbocycles. The zero-order valence-electron chi connectivity index (χ0n) is 12.2. The Hall–Kier alpha value is -0.650. The van der Waals surface area contributed by atoms with Crippen molar-refractivity contribution in [2.24, 2.45) is 0 Å². The number of nitrogens with one attached hydrogen (secondary N) is 2. The molecule has 1 atom stereocenters. The summed E-state index contributed by atoms with van der Waals surface area (Å²) < 4.78 is 5.50. The molecule has 0 aromatic carbocycles. The number of nitrogens with zero attached hydrogens (tertiary/aromatic N) is 1. The number of ether oxygens (including phenoxy) is 1. The van der Waals surface area contributed by atoms with Gasteiger partial charge in [0.25, 0.3) is 0 Å². The Bertz CT molecular complexity index is 295. The lowest BCUT2D eigenvalue weighted by molar-refractivity contribution is -0.123. The normalized spacial score (nSPS) is 27.4. The van der Waals surface area contributed by atoms with Crippen molar-refractivity contribution >= 4 is 5.91 Å². The first-order chi connectivity index (χ1) is 9.11. The second-order valence-corrected chi connectivity index (χ2v) is 6.03. The summed E-state index contributed by atoms with van der Waals surface area (Å²) in [5.41, 5.74) is 0.241. The Labute approximate surface area is 116 Å². The maximum atomic E-state index is 11.9. The maximum Gasteiger partial charge on any atom is 0.234 e. The molecule has 0 aromatic rings. The molecule has 0 aliphatic carbocycles. The van der Waals surface area contributed by atoms with E-state index in [0.717, 1.165) is 45.4 Å². The fraction of sp³-hybridized carbons (Fsp3) is 0.929.